The van der Waals surface area contributed by atoms with E-state index in [0.717, 1.165) is 5.56 Å². The zero-order chi connectivity index (χ0) is 14.0. The number of hydrogen-bond acceptors (Lipinski definition) is 6. The zero-order valence-electron chi connectivity index (χ0n) is 10.6. The molecule has 106 valence electrons. The number of aliphatic hydroxyl groups is 1. The summed E-state index contributed by atoms with van der Waals surface area (Å²) in [7, 11) is -2.55. The smallest absolute Gasteiger partial charge is 0.297 e. The van der Waals surface area contributed by atoms with Crippen molar-refractivity contribution in [2.24, 2.45) is 0 Å². The first-order valence-corrected chi connectivity index (χ1v) is 7.17. The van der Waals surface area contributed by atoms with Crippen LogP contribution in [0.15, 0.2) is 29.2 Å². The van der Waals surface area contributed by atoms with Gasteiger partial charge < -0.3 is 14.6 Å². The summed E-state index contributed by atoms with van der Waals surface area (Å²) in [6.45, 7) is 1.82. The van der Waals surface area contributed by atoms with Crippen LogP contribution in [0.3, 0.4) is 0 Å². The largest absolute Gasteiger partial charge is 0.385 e. The summed E-state index contributed by atoms with van der Waals surface area (Å²) in [6.07, 6.45) is -2.96. The molecule has 1 N–H and O–H groups in total. The molecule has 0 spiro atoms. The Morgan fingerprint density at radius 3 is 2.47 bits per heavy atom. The lowest BCUT2D eigenvalue weighted by molar-refractivity contribution is -0.134. The lowest BCUT2D eigenvalue weighted by Crippen LogP contribution is -2.34. The highest BCUT2D eigenvalue weighted by Crippen LogP contribution is 2.22. The van der Waals surface area contributed by atoms with Crippen LogP contribution in [0.4, 0.5) is 0 Å². The topological polar surface area (TPSA) is 82.1 Å². The maximum absolute atomic E-state index is 12.0. The molecule has 3 atom stereocenters. The quantitative estimate of drug-likeness (QED) is 0.809. The summed E-state index contributed by atoms with van der Waals surface area (Å²) in [5, 5.41) is 9.76. The fourth-order valence-electron chi connectivity index (χ4n) is 1.78. The Labute approximate surface area is 112 Å². The van der Waals surface area contributed by atoms with Gasteiger partial charge in [0.1, 0.15) is 12.2 Å². The molecule has 1 aromatic rings. The monoisotopic (exact) mass is 288 g/mol. The van der Waals surface area contributed by atoms with Crippen molar-refractivity contribution >= 4 is 10.1 Å². The fraction of sp³-hybridized carbons (Fsp3) is 0.500. The lowest BCUT2D eigenvalue weighted by atomic mass is 10.2. The number of ether oxygens (including phenoxy) is 2. The van der Waals surface area contributed by atoms with Crippen molar-refractivity contribution in [2.45, 2.75) is 30.3 Å². The van der Waals surface area contributed by atoms with E-state index >= 15 is 0 Å². The fourth-order valence-corrected chi connectivity index (χ4v) is 2.85. The Morgan fingerprint density at radius 2 is 1.95 bits per heavy atom. The third kappa shape index (κ3) is 3.13. The molecular weight excluding hydrogens is 272 g/mol. The minimum Gasteiger partial charge on any atom is -0.385 e. The summed E-state index contributed by atoms with van der Waals surface area (Å²) < 4.78 is 38.9. The Hall–Kier alpha value is -0.990. The average Bonchev–Trinajstić information content (AvgIpc) is 2.70. The van der Waals surface area contributed by atoms with Crippen LogP contribution in [-0.4, -0.2) is 45.7 Å². The van der Waals surface area contributed by atoms with Crippen LogP contribution in [0.1, 0.15) is 5.56 Å². The molecule has 6 nitrogen and oxygen atoms in total. The maximum Gasteiger partial charge on any atom is 0.297 e. The van der Waals surface area contributed by atoms with Crippen molar-refractivity contribution in [2.75, 3.05) is 13.7 Å². The number of methoxy groups -OCH3 is 1. The van der Waals surface area contributed by atoms with Crippen LogP contribution in [0.2, 0.25) is 0 Å². The van der Waals surface area contributed by atoms with Crippen molar-refractivity contribution in [3.05, 3.63) is 29.8 Å². The van der Waals surface area contributed by atoms with Crippen molar-refractivity contribution in [3.8, 4) is 0 Å². The molecule has 0 aliphatic carbocycles. The zero-order valence-corrected chi connectivity index (χ0v) is 11.5. The van der Waals surface area contributed by atoms with Gasteiger partial charge in [-0.25, -0.2) is 0 Å². The van der Waals surface area contributed by atoms with Gasteiger partial charge in [0.05, 0.1) is 11.5 Å². The first kappa shape index (κ1) is 14.4. The lowest BCUT2D eigenvalue weighted by Gasteiger charge is -2.16. The molecule has 19 heavy (non-hydrogen) atoms. The molecule has 0 unspecified atom stereocenters. The van der Waals surface area contributed by atoms with Crippen LogP contribution in [-0.2, 0) is 23.8 Å². The van der Waals surface area contributed by atoms with Gasteiger partial charge in [-0.1, -0.05) is 17.7 Å². The summed E-state index contributed by atoms with van der Waals surface area (Å²) >= 11 is 0. The van der Waals surface area contributed by atoms with Gasteiger partial charge in [-0.3, -0.25) is 4.18 Å². The second-order valence-corrected chi connectivity index (χ2v) is 5.90. The van der Waals surface area contributed by atoms with E-state index in [-0.39, 0.29) is 11.5 Å². The van der Waals surface area contributed by atoms with Crippen LogP contribution in [0, 0.1) is 6.92 Å². The van der Waals surface area contributed by atoms with Gasteiger partial charge in [-0.15, -0.1) is 0 Å². The van der Waals surface area contributed by atoms with E-state index in [1.807, 2.05) is 6.92 Å². The van der Waals surface area contributed by atoms with Crippen LogP contribution in [0.5, 0.6) is 0 Å². The highest BCUT2D eigenvalue weighted by atomic mass is 32.2. The SMILES string of the molecule is CO[C@@H]1OC[C@@H](OS(=O)(=O)c2ccc(C)cc2)[C@@H]1O. The molecule has 2 rings (SSSR count). The predicted octanol–water partition coefficient (Wildman–Crippen LogP) is 0.433. The minimum atomic E-state index is -3.92. The predicted molar refractivity (Wildman–Crippen MR) is 66.0 cm³/mol. The van der Waals surface area contributed by atoms with Gasteiger partial charge in [-0.05, 0) is 19.1 Å². The van der Waals surface area contributed by atoms with Crippen LogP contribution in [0.25, 0.3) is 0 Å². The molecule has 1 aliphatic heterocycles. The van der Waals surface area contributed by atoms with E-state index in [1.54, 1.807) is 12.1 Å². The number of hydrogen-bond donors (Lipinski definition) is 1. The first-order valence-electron chi connectivity index (χ1n) is 5.76. The molecule has 0 bridgehead atoms. The number of benzene rings is 1. The van der Waals surface area contributed by atoms with E-state index in [9.17, 15) is 13.5 Å². The molecule has 1 fully saturated rings. The Kier molecular flexibility index (Phi) is 4.22. The standard InChI is InChI=1S/C12H16O6S/c1-8-3-5-9(6-4-8)19(14,15)18-10-7-17-12(16-2)11(10)13/h3-6,10-13H,7H2,1-2H3/t10-,11+,12-/m1/s1. The summed E-state index contributed by atoms with van der Waals surface area (Å²) in [5.74, 6) is 0. The highest BCUT2D eigenvalue weighted by Gasteiger charge is 2.40. The van der Waals surface area contributed by atoms with Gasteiger partial charge in [0, 0.05) is 7.11 Å². The molecule has 7 heteroatoms. The summed E-state index contributed by atoms with van der Waals surface area (Å²) in [6, 6.07) is 6.27. The molecular formula is C12H16O6S. The Bertz CT molecular complexity index is 524. The Morgan fingerprint density at radius 1 is 1.32 bits per heavy atom. The Balaban J connectivity index is 2.12. The van der Waals surface area contributed by atoms with Crippen molar-refractivity contribution < 1.29 is 27.2 Å². The van der Waals surface area contributed by atoms with E-state index in [1.165, 1.54) is 19.2 Å². The minimum absolute atomic E-state index is 0.0369. The van der Waals surface area contributed by atoms with Crippen molar-refractivity contribution in [1.82, 2.24) is 0 Å². The van der Waals surface area contributed by atoms with Gasteiger partial charge in [0.25, 0.3) is 10.1 Å². The van der Waals surface area contributed by atoms with Gasteiger partial charge in [-0.2, -0.15) is 8.42 Å². The molecule has 0 aromatic heterocycles. The second-order valence-electron chi connectivity index (χ2n) is 4.33. The van der Waals surface area contributed by atoms with E-state index in [0.29, 0.717) is 0 Å². The van der Waals surface area contributed by atoms with Crippen molar-refractivity contribution in [3.63, 3.8) is 0 Å². The molecule has 0 radical (unpaired) electrons. The van der Waals surface area contributed by atoms with Gasteiger partial charge in [0.15, 0.2) is 6.29 Å². The second kappa shape index (κ2) is 5.56. The third-order valence-corrected chi connectivity index (χ3v) is 4.23. The maximum atomic E-state index is 12.0. The summed E-state index contributed by atoms with van der Waals surface area (Å²) in [5.41, 5.74) is 0.947. The molecule has 1 saturated heterocycles. The van der Waals surface area contributed by atoms with E-state index in [2.05, 4.69) is 0 Å². The van der Waals surface area contributed by atoms with Gasteiger partial charge in [0.2, 0.25) is 0 Å². The van der Waals surface area contributed by atoms with E-state index in [4.69, 9.17) is 13.7 Å². The molecule has 1 aromatic carbocycles. The highest BCUT2D eigenvalue weighted by molar-refractivity contribution is 7.86. The van der Waals surface area contributed by atoms with Gasteiger partial charge >= 0.3 is 0 Å². The number of rotatable bonds is 4. The molecule has 1 aliphatic rings. The molecule has 0 amide bonds. The van der Waals surface area contributed by atoms with Crippen LogP contribution >= 0.6 is 0 Å². The number of aryl methyl sites for hydroxylation is 1. The van der Waals surface area contributed by atoms with Crippen molar-refractivity contribution in [1.29, 1.82) is 0 Å². The van der Waals surface area contributed by atoms with Crippen LogP contribution < -0.4 is 0 Å². The normalized spacial score (nSPS) is 27.6. The summed E-state index contributed by atoms with van der Waals surface area (Å²) in [4.78, 5) is 0.0474. The molecule has 0 saturated carbocycles. The number of aliphatic hydroxyl groups excluding tert-OH is 1. The third-order valence-electron chi connectivity index (χ3n) is 2.88. The molecule has 1 heterocycles. The van der Waals surface area contributed by atoms with E-state index < -0.39 is 28.6 Å². The first-order chi connectivity index (χ1) is 8.94. The average molecular weight is 288 g/mol.